The van der Waals surface area contributed by atoms with Gasteiger partial charge in [0.1, 0.15) is 11.6 Å². The number of carbonyl (C=O) groups excluding carboxylic acids is 1. The zero-order valence-corrected chi connectivity index (χ0v) is 23.2. The second kappa shape index (κ2) is 12.2. The van der Waals surface area contributed by atoms with Gasteiger partial charge in [-0.2, -0.15) is 0 Å². The number of thioether (sulfide) groups is 1. The van der Waals surface area contributed by atoms with E-state index in [0.717, 1.165) is 48.7 Å². The van der Waals surface area contributed by atoms with E-state index in [1.54, 1.807) is 36.0 Å². The molecule has 1 amide bonds. The van der Waals surface area contributed by atoms with E-state index in [-0.39, 0.29) is 11.7 Å². The van der Waals surface area contributed by atoms with Crippen LogP contribution in [-0.4, -0.2) is 66.9 Å². The molecule has 1 atom stereocenters. The molecule has 0 bridgehead atoms. The molecule has 0 saturated carbocycles. The highest BCUT2D eigenvalue weighted by Crippen LogP contribution is 2.35. The number of nitrogens with one attached hydrogen (secondary N) is 3. The summed E-state index contributed by atoms with van der Waals surface area (Å²) in [6, 6.07) is 13.0. The molecule has 3 aliphatic rings. The summed E-state index contributed by atoms with van der Waals surface area (Å²) in [4.78, 5) is 22.0. The highest BCUT2D eigenvalue weighted by atomic mass is 32.2. The van der Waals surface area contributed by atoms with Crippen LogP contribution in [0.1, 0.15) is 24.8 Å². The summed E-state index contributed by atoms with van der Waals surface area (Å²) in [5.74, 6) is 1.46. The van der Waals surface area contributed by atoms with Gasteiger partial charge in [0.05, 0.1) is 4.91 Å². The summed E-state index contributed by atoms with van der Waals surface area (Å²) >= 11 is 1.69. The Morgan fingerprint density at radius 1 is 1.26 bits per heavy atom. The summed E-state index contributed by atoms with van der Waals surface area (Å²) in [5, 5.41) is 9.45. The Balaban J connectivity index is 1.25. The first-order valence-electron chi connectivity index (χ1n) is 13.2. The molecule has 5 rings (SSSR count). The van der Waals surface area contributed by atoms with Crippen molar-refractivity contribution in [3.63, 3.8) is 0 Å². The lowest BCUT2D eigenvalue weighted by atomic mass is 10.0. The Bertz CT molecular complexity index is 1290. The number of benzene rings is 2. The predicted octanol–water partition coefficient (Wildman–Crippen LogP) is 4.60. The van der Waals surface area contributed by atoms with Gasteiger partial charge in [0.15, 0.2) is 6.29 Å². The Kier molecular flexibility index (Phi) is 8.54. The van der Waals surface area contributed by atoms with Crippen LogP contribution in [0, 0.1) is 5.82 Å². The van der Waals surface area contributed by atoms with Crippen LogP contribution in [0.2, 0.25) is 0 Å². The minimum absolute atomic E-state index is 0.222. The highest BCUT2D eigenvalue weighted by Gasteiger charge is 2.29. The Morgan fingerprint density at radius 3 is 2.82 bits per heavy atom. The van der Waals surface area contributed by atoms with Gasteiger partial charge in [-0.05, 0) is 76.8 Å². The first-order chi connectivity index (χ1) is 18.9. The number of rotatable bonds is 8. The molecule has 0 radical (unpaired) electrons. The summed E-state index contributed by atoms with van der Waals surface area (Å²) in [6.07, 6.45) is 3.79. The maximum Gasteiger partial charge on any atom is 0.247 e. The topological polar surface area (TPSA) is 81.2 Å². The maximum absolute atomic E-state index is 15.1. The smallest absolute Gasteiger partial charge is 0.247 e. The zero-order valence-electron chi connectivity index (χ0n) is 22.4. The average molecular weight is 551 g/mol. The monoisotopic (exact) mass is 550 g/mol. The molecular formula is C29H35FN6O2S. The highest BCUT2D eigenvalue weighted by molar-refractivity contribution is 8.04. The summed E-state index contributed by atoms with van der Waals surface area (Å²) in [7, 11) is 4.25. The van der Waals surface area contributed by atoms with Crippen LogP contribution >= 0.6 is 11.8 Å². The van der Waals surface area contributed by atoms with Crippen molar-refractivity contribution >= 4 is 34.9 Å². The number of anilines is 2. The van der Waals surface area contributed by atoms with Crippen molar-refractivity contribution in [2.45, 2.75) is 38.1 Å². The lowest BCUT2D eigenvalue weighted by Gasteiger charge is -2.35. The third kappa shape index (κ3) is 6.81. The second-order valence-corrected chi connectivity index (χ2v) is 11.2. The minimum Gasteiger partial charge on any atom is -0.438 e. The van der Waals surface area contributed by atoms with Gasteiger partial charge in [-0.25, -0.2) is 9.38 Å². The van der Waals surface area contributed by atoms with E-state index in [4.69, 9.17) is 9.73 Å². The van der Waals surface area contributed by atoms with E-state index < -0.39 is 6.29 Å². The average Bonchev–Trinajstić information content (AvgIpc) is 3.40. The Labute approximate surface area is 233 Å². The molecule has 3 heterocycles. The predicted molar refractivity (Wildman–Crippen MR) is 156 cm³/mol. The molecule has 8 nitrogen and oxygen atoms in total. The third-order valence-electron chi connectivity index (χ3n) is 7.16. The quantitative estimate of drug-likeness (QED) is 0.415. The van der Waals surface area contributed by atoms with E-state index in [1.807, 2.05) is 18.2 Å². The van der Waals surface area contributed by atoms with Crippen LogP contribution in [0.5, 0.6) is 5.75 Å². The van der Waals surface area contributed by atoms with Crippen LogP contribution in [0.4, 0.5) is 15.8 Å². The molecule has 0 aliphatic carbocycles. The molecule has 206 valence electrons. The van der Waals surface area contributed by atoms with Crippen LogP contribution in [0.3, 0.4) is 0 Å². The van der Waals surface area contributed by atoms with Crippen LogP contribution in [-0.2, 0) is 11.3 Å². The molecule has 0 spiro atoms. The largest absolute Gasteiger partial charge is 0.438 e. The Morgan fingerprint density at radius 2 is 2.08 bits per heavy atom. The lowest BCUT2D eigenvalue weighted by Crippen LogP contribution is -2.41. The fourth-order valence-corrected chi connectivity index (χ4v) is 6.06. The third-order valence-corrected chi connectivity index (χ3v) is 8.28. The van der Waals surface area contributed by atoms with Gasteiger partial charge in [-0.15, -0.1) is 11.8 Å². The number of piperidine rings is 1. The number of amides is 1. The lowest BCUT2D eigenvalue weighted by molar-refractivity contribution is -0.111. The van der Waals surface area contributed by atoms with E-state index in [9.17, 15) is 4.79 Å². The molecule has 10 heteroatoms. The van der Waals surface area contributed by atoms with Gasteiger partial charge in [-0.3, -0.25) is 9.69 Å². The first kappa shape index (κ1) is 27.2. The van der Waals surface area contributed by atoms with Crippen LogP contribution in [0.25, 0.3) is 0 Å². The molecule has 2 aromatic carbocycles. The van der Waals surface area contributed by atoms with Crippen molar-refractivity contribution in [1.29, 1.82) is 0 Å². The molecule has 39 heavy (non-hydrogen) atoms. The Hall–Kier alpha value is -3.34. The number of nitrogens with zero attached hydrogens (tertiary/aromatic N) is 3. The van der Waals surface area contributed by atoms with Gasteiger partial charge < -0.3 is 25.6 Å². The maximum atomic E-state index is 15.1. The van der Waals surface area contributed by atoms with Gasteiger partial charge >= 0.3 is 0 Å². The molecular weight excluding hydrogens is 515 g/mol. The number of ether oxygens (including phenoxy) is 1. The fraction of sp³-hybridized carbons (Fsp3) is 0.379. The number of halogens is 1. The number of aliphatic imine (C=N–C) groups is 1. The SMILES string of the molecule is C=CC(=O)Nc1cccc(OC2=NC(Nc3ccc(CN4CCC(N(C)C)CC4)c(F)c3)NC3=C2SCC3)c1. The van der Waals surface area contributed by atoms with Crippen LogP contribution in [0.15, 0.2) is 70.7 Å². The molecule has 1 saturated heterocycles. The first-order valence-corrected chi connectivity index (χ1v) is 14.2. The molecule has 3 aliphatic heterocycles. The number of hydrogen-bond donors (Lipinski definition) is 3. The van der Waals surface area contributed by atoms with Crippen LogP contribution < -0.4 is 20.7 Å². The fourth-order valence-electron chi connectivity index (χ4n) is 5.00. The minimum atomic E-state index is -0.503. The zero-order chi connectivity index (χ0) is 27.4. The molecule has 2 aromatic rings. The standard InChI is InChI=1S/C29H35FN6O2S/c1-4-26(37)31-20-6-5-7-23(16-20)38-28-27-25(12-15-39-27)33-29(34-28)32-21-9-8-19(24(30)17-21)18-36-13-10-22(11-14-36)35(2)3/h4-9,16-17,22,29,32-33H,1,10-15,18H2,2-3H3,(H,31,37). The van der Waals surface area contributed by atoms with Crippen molar-refractivity contribution in [2.75, 3.05) is 43.6 Å². The summed E-state index contributed by atoms with van der Waals surface area (Å²) < 4.78 is 21.3. The summed E-state index contributed by atoms with van der Waals surface area (Å²) in [6.45, 7) is 6.05. The number of likely N-dealkylation sites (tertiary alicyclic amines) is 1. The number of allylic oxidation sites excluding steroid dienone is 1. The van der Waals surface area contributed by atoms with Crippen molar-refractivity contribution in [2.24, 2.45) is 4.99 Å². The van der Waals surface area contributed by atoms with Gasteiger partial charge in [0.25, 0.3) is 0 Å². The van der Waals surface area contributed by atoms with E-state index in [2.05, 4.69) is 46.4 Å². The van der Waals surface area contributed by atoms with Crippen molar-refractivity contribution in [1.82, 2.24) is 15.1 Å². The van der Waals surface area contributed by atoms with Gasteiger partial charge in [-0.1, -0.05) is 18.7 Å². The molecule has 3 N–H and O–H groups in total. The second-order valence-electron chi connectivity index (χ2n) is 10.1. The molecule has 0 aromatic heterocycles. The van der Waals surface area contributed by atoms with Crippen molar-refractivity contribution in [3.8, 4) is 5.75 Å². The van der Waals surface area contributed by atoms with Gasteiger partial charge in [0, 0.05) is 47.0 Å². The van der Waals surface area contributed by atoms with Gasteiger partial charge in [0.2, 0.25) is 11.8 Å². The van der Waals surface area contributed by atoms with E-state index >= 15 is 4.39 Å². The van der Waals surface area contributed by atoms with Crippen molar-refractivity contribution < 1.29 is 13.9 Å². The number of carbonyl (C=O) groups is 1. The molecule has 1 fully saturated rings. The van der Waals surface area contributed by atoms with E-state index in [1.165, 1.54) is 6.08 Å². The van der Waals surface area contributed by atoms with Crippen molar-refractivity contribution in [3.05, 3.63) is 77.1 Å². The summed E-state index contributed by atoms with van der Waals surface area (Å²) in [5.41, 5.74) is 3.00. The number of hydrogen-bond acceptors (Lipinski definition) is 8. The molecule has 1 unspecified atom stereocenters. The normalized spacial score (nSPS) is 19.8. The van der Waals surface area contributed by atoms with E-state index in [0.29, 0.717) is 41.2 Å².